The van der Waals surface area contributed by atoms with E-state index >= 15 is 0 Å². The summed E-state index contributed by atoms with van der Waals surface area (Å²) >= 11 is 0. The number of rotatable bonds is 8. The van der Waals surface area contributed by atoms with Gasteiger partial charge in [-0.3, -0.25) is 9.78 Å². The van der Waals surface area contributed by atoms with Crippen molar-refractivity contribution in [3.8, 4) is 0 Å². The van der Waals surface area contributed by atoms with Crippen LogP contribution in [0.4, 0.5) is 24.5 Å². The fraction of sp³-hybridized carbons (Fsp3) is 0.394. The van der Waals surface area contributed by atoms with Crippen molar-refractivity contribution in [2.24, 2.45) is 0 Å². The van der Waals surface area contributed by atoms with Gasteiger partial charge in [0.2, 0.25) is 5.91 Å². The fourth-order valence-electron chi connectivity index (χ4n) is 6.00. The minimum atomic E-state index is -4.38. The third-order valence-corrected chi connectivity index (χ3v) is 8.45. The first-order valence-electron chi connectivity index (χ1n) is 14.4. The minimum absolute atomic E-state index is 0.108. The number of hydrogen-bond donors (Lipinski definition) is 0. The van der Waals surface area contributed by atoms with Crippen molar-refractivity contribution in [2.75, 3.05) is 25.0 Å². The lowest BCUT2D eigenvalue weighted by Crippen LogP contribution is -2.48. The molecule has 41 heavy (non-hydrogen) atoms. The van der Waals surface area contributed by atoms with Crippen LogP contribution in [0, 0.1) is 0 Å². The van der Waals surface area contributed by atoms with Gasteiger partial charge in [0.25, 0.3) is 0 Å². The number of anilines is 2. The average Bonchev–Trinajstić information content (AvgIpc) is 3.54. The molecule has 3 aromatic rings. The van der Waals surface area contributed by atoms with E-state index in [1.165, 1.54) is 43.9 Å². The van der Waals surface area contributed by atoms with Gasteiger partial charge >= 0.3 is 6.18 Å². The topological polar surface area (TPSA) is 39.7 Å². The molecule has 1 saturated heterocycles. The van der Waals surface area contributed by atoms with Crippen LogP contribution >= 0.6 is 0 Å². The van der Waals surface area contributed by atoms with E-state index in [2.05, 4.69) is 39.0 Å². The highest BCUT2D eigenvalue weighted by atomic mass is 19.4. The maximum absolute atomic E-state index is 13.6. The zero-order valence-electron chi connectivity index (χ0n) is 23.4. The maximum atomic E-state index is 13.6. The summed E-state index contributed by atoms with van der Waals surface area (Å²) in [7, 11) is 2.00. The van der Waals surface area contributed by atoms with Gasteiger partial charge in [-0.2, -0.15) is 13.2 Å². The van der Waals surface area contributed by atoms with E-state index in [1.54, 1.807) is 18.5 Å². The number of hydrogen-bond acceptors (Lipinski definition) is 4. The Morgan fingerprint density at radius 3 is 2.12 bits per heavy atom. The number of halogens is 3. The minimum Gasteiger partial charge on any atom is -0.345 e. The second-order valence-electron chi connectivity index (χ2n) is 11.1. The summed E-state index contributed by atoms with van der Waals surface area (Å²) in [5.74, 6) is -0.123. The lowest BCUT2D eigenvalue weighted by molar-refractivity contribution is -0.137. The maximum Gasteiger partial charge on any atom is 0.416 e. The molecule has 5 rings (SSSR count). The molecule has 5 nitrogen and oxygen atoms in total. The molecule has 2 fully saturated rings. The van der Waals surface area contributed by atoms with Crippen molar-refractivity contribution < 1.29 is 18.0 Å². The molecule has 0 radical (unpaired) electrons. The van der Waals surface area contributed by atoms with Gasteiger partial charge in [-0.1, -0.05) is 37.1 Å². The van der Waals surface area contributed by atoms with E-state index in [-0.39, 0.29) is 11.9 Å². The van der Waals surface area contributed by atoms with Gasteiger partial charge in [-0.05, 0) is 79.3 Å². The van der Waals surface area contributed by atoms with E-state index in [0.29, 0.717) is 18.2 Å². The molecule has 0 bridgehead atoms. The van der Waals surface area contributed by atoms with Crippen molar-refractivity contribution >= 4 is 23.4 Å². The number of carbonyl (C=O) groups excluding carboxylic acids is 1. The first kappa shape index (κ1) is 28.9. The Kier molecular flexibility index (Phi) is 9.08. The summed E-state index contributed by atoms with van der Waals surface area (Å²) in [6, 6.07) is 17.8. The quantitative estimate of drug-likeness (QED) is 0.270. The number of pyridine rings is 1. The number of benzene rings is 2. The first-order valence-corrected chi connectivity index (χ1v) is 14.4. The third kappa shape index (κ3) is 7.36. The molecular formula is C33H37F3N4O. The lowest BCUT2D eigenvalue weighted by Gasteiger charge is -2.40. The van der Waals surface area contributed by atoms with E-state index in [9.17, 15) is 18.0 Å². The number of nitrogens with zero attached hydrogens (tertiary/aromatic N) is 4. The number of carbonyl (C=O) groups is 1. The number of alkyl halides is 3. The van der Waals surface area contributed by atoms with Crippen LogP contribution in [0.15, 0.2) is 79.1 Å². The Morgan fingerprint density at radius 1 is 0.902 bits per heavy atom. The Morgan fingerprint density at radius 2 is 1.51 bits per heavy atom. The van der Waals surface area contributed by atoms with Crippen LogP contribution < -0.4 is 4.90 Å². The highest BCUT2D eigenvalue weighted by molar-refractivity contribution is 5.92. The summed E-state index contributed by atoms with van der Waals surface area (Å²) in [4.78, 5) is 24.3. The van der Waals surface area contributed by atoms with Crippen LogP contribution in [0.1, 0.15) is 55.2 Å². The van der Waals surface area contributed by atoms with Crippen molar-refractivity contribution in [3.05, 3.63) is 95.8 Å². The number of amides is 1. The van der Waals surface area contributed by atoms with Gasteiger partial charge < -0.3 is 14.7 Å². The smallest absolute Gasteiger partial charge is 0.345 e. The van der Waals surface area contributed by atoms with Crippen LogP contribution in [0.2, 0.25) is 0 Å². The zero-order valence-corrected chi connectivity index (χ0v) is 23.4. The van der Waals surface area contributed by atoms with Gasteiger partial charge in [0.05, 0.1) is 5.56 Å². The van der Waals surface area contributed by atoms with E-state index in [1.807, 2.05) is 24.1 Å². The summed E-state index contributed by atoms with van der Waals surface area (Å²) in [6.45, 7) is 2.44. The molecule has 216 valence electrons. The van der Waals surface area contributed by atoms with Crippen LogP contribution in [0.3, 0.4) is 0 Å². The SMILES string of the molecule is CN(c1ccncc1)c1ccc(CN(C(=O)C=Cc2ccc(C(F)(F)F)cc2)C2CCN(C3CCCC3)CC2)cc1. The van der Waals surface area contributed by atoms with E-state index < -0.39 is 11.7 Å². The van der Waals surface area contributed by atoms with Crippen LogP contribution in [0.5, 0.6) is 0 Å². The summed E-state index contributed by atoms with van der Waals surface area (Å²) in [5.41, 5.74) is 2.96. The van der Waals surface area contributed by atoms with Crippen molar-refractivity contribution in [1.29, 1.82) is 0 Å². The zero-order chi connectivity index (χ0) is 28.8. The summed E-state index contributed by atoms with van der Waals surface area (Å²) < 4.78 is 38.8. The molecule has 0 atom stereocenters. The Labute approximate surface area is 240 Å². The molecule has 1 saturated carbocycles. The predicted octanol–water partition coefficient (Wildman–Crippen LogP) is 7.32. The average molecular weight is 563 g/mol. The molecule has 0 unspecified atom stereocenters. The number of likely N-dealkylation sites (tertiary alicyclic amines) is 1. The largest absolute Gasteiger partial charge is 0.416 e. The Hall–Kier alpha value is -3.65. The van der Waals surface area contributed by atoms with Crippen molar-refractivity contribution in [2.45, 2.75) is 63.3 Å². The van der Waals surface area contributed by atoms with E-state index in [4.69, 9.17) is 0 Å². The van der Waals surface area contributed by atoms with Gasteiger partial charge in [-0.15, -0.1) is 0 Å². The molecule has 1 aromatic heterocycles. The van der Waals surface area contributed by atoms with Gasteiger partial charge in [0, 0.05) is 68.6 Å². The summed E-state index contributed by atoms with van der Waals surface area (Å²) in [5, 5.41) is 0. The molecule has 1 aliphatic heterocycles. The standard InChI is InChI=1S/C33H37F3N4O/c1-38(29-16-20-37-21-17-29)28-13-8-26(9-14-28)24-40(31-18-22-39(23-19-31)30-4-2-3-5-30)32(41)15-10-25-6-11-27(12-7-25)33(34,35)36/h6-17,20-21,30-31H,2-5,18-19,22-24H2,1H3. The summed E-state index contributed by atoms with van der Waals surface area (Å²) in [6.07, 6.45) is 9.22. The molecule has 0 spiro atoms. The monoisotopic (exact) mass is 562 g/mol. The Bertz CT molecular complexity index is 1300. The number of piperidine rings is 1. The molecule has 1 aliphatic carbocycles. The first-order chi connectivity index (χ1) is 19.8. The highest BCUT2D eigenvalue weighted by Gasteiger charge is 2.32. The van der Waals surface area contributed by atoms with Crippen molar-refractivity contribution in [1.82, 2.24) is 14.8 Å². The highest BCUT2D eigenvalue weighted by Crippen LogP contribution is 2.30. The normalized spacial score (nSPS) is 17.3. The van der Waals surface area contributed by atoms with Gasteiger partial charge in [-0.25, -0.2) is 0 Å². The molecular weight excluding hydrogens is 525 g/mol. The molecule has 0 N–H and O–H groups in total. The molecule has 1 amide bonds. The van der Waals surface area contributed by atoms with Crippen molar-refractivity contribution in [3.63, 3.8) is 0 Å². The van der Waals surface area contributed by atoms with Gasteiger partial charge in [0.15, 0.2) is 0 Å². The molecule has 2 heterocycles. The Balaban J connectivity index is 1.30. The van der Waals surface area contributed by atoms with Gasteiger partial charge in [0.1, 0.15) is 0 Å². The van der Waals surface area contributed by atoms with Crippen LogP contribution in [0.25, 0.3) is 6.08 Å². The molecule has 8 heteroatoms. The molecule has 2 aromatic carbocycles. The second-order valence-corrected chi connectivity index (χ2v) is 11.1. The number of aromatic nitrogens is 1. The second kappa shape index (κ2) is 12.9. The molecule has 2 aliphatic rings. The van der Waals surface area contributed by atoms with Crippen LogP contribution in [-0.2, 0) is 17.5 Å². The lowest BCUT2D eigenvalue weighted by atomic mass is 9.99. The van der Waals surface area contributed by atoms with Crippen LogP contribution in [-0.4, -0.2) is 52.9 Å². The third-order valence-electron chi connectivity index (χ3n) is 8.45. The fourth-order valence-corrected chi connectivity index (χ4v) is 6.00. The predicted molar refractivity (Wildman–Crippen MR) is 157 cm³/mol. The van der Waals surface area contributed by atoms with E-state index in [0.717, 1.165) is 55.0 Å².